The first-order valence-electron chi connectivity index (χ1n) is 3.10. The van der Waals surface area contributed by atoms with Gasteiger partial charge < -0.3 is 21.1 Å². The van der Waals surface area contributed by atoms with Crippen LogP contribution in [-0.4, -0.2) is 24.7 Å². The summed E-state index contributed by atoms with van der Waals surface area (Å²) >= 11 is 0. The van der Waals surface area contributed by atoms with Gasteiger partial charge in [-0.2, -0.15) is 0 Å². The van der Waals surface area contributed by atoms with Crippen molar-refractivity contribution in [3.63, 3.8) is 0 Å². The molecule has 0 aliphatic carbocycles. The Morgan fingerprint density at radius 1 is 1.00 bits per heavy atom. The van der Waals surface area contributed by atoms with Crippen LogP contribution < -0.4 is 11.5 Å². The maximum absolute atomic E-state index is 9.90. The highest BCUT2D eigenvalue weighted by molar-refractivity contribution is 5.53. The van der Waals surface area contributed by atoms with Gasteiger partial charge >= 0.3 is 0 Å². The standard InChI is InChI=1S/C6H12N2O2/c7-5(1-3-9)6(8)2-4-10/h3-6H,1-2,7-8H2. The molecule has 2 atom stereocenters. The van der Waals surface area contributed by atoms with Crippen LogP contribution in [0.5, 0.6) is 0 Å². The van der Waals surface area contributed by atoms with Gasteiger partial charge in [0.15, 0.2) is 0 Å². The maximum atomic E-state index is 9.90. The molecule has 0 aromatic rings. The van der Waals surface area contributed by atoms with Crippen molar-refractivity contribution in [1.82, 2.24) is 0 Å². The van der Waals surface area contributed by atoms with Gasteiger partial charge in [-0.05, 0) is 0 Å². The Morgan fingerprint density at radius 3 is 1.50 bits per heavy atom. The van der Waals surface area contributed by atoms with Gasteiger partial charge in [0, 0.05) is 24.9 Å². The van der Waals surface area contributed by atoms with Crippen molar-refractivity contribution in [2.75, 3.05) is 0 Å². The van der Waals surface area contributed by atoms with Gasteiger partial charge in [-0.25, -0.2) is 0 Å². The van der Waals surface area contributed by atoms with E-state index in [1.165, 1.54) is 0 Å². The van der Waals surface area contributed by atoms with Crippen LogP contribution in [0.25, 0.3) is 0 Å². The Hall–Kier alpha value is -0.740. The molecule has 0 heterocycles. The maximum Gasteiger partial charge on any atom is 0.121 e. The zero-order chi connectivity index (χ0) is 7.98. The molecule has 0 saturated carbocycles. The van der Waals surface area contributed by atoms with Gasteiger partial charge in [0.05, 0.1) is 0 Å². The van der Waals surface area contributed by atoms with Gasteiger partial charge in [0.2, 0.25) is 0 Å². The highest BCUT2D eigenvalue weighted by atomic mass is 16.1. The van der Waals surface area contributed by atoms with E-state index in [2.05, 4.69) is 0 Å². The summed E-state index contributed by atoms with van der Waals surface area (Å²) in [6.45, 7) is 0. The lowest BCUT2D eigenvalue weighted by Gasteiger charge is -2.13. The fourth-order valence-electron chi connectivity index (χ4n) is 0.572. The highest BCUT2D eigenvalue weighted by Gasteiger charge is 2.10. The summed E-state index contributed by atoms with van der Waals surface area (Å²) in [5.41, 5.74) is 10.8. The van der Waals surface area contributed by atoms with Crippen molar-refractivity contribution >= 4 is 12.6 Å². The van der Waals surface area contributed by atoms with Crippen molar-refractivity contribution in [3.05, 3.63) is 0 Å². The Bertz CT molecular complexity index is 102. The molecule has 0 bridgehead atoms. The molecular formula is C6H12N2O2. The SMILES string of the molecule is NC(CC=O)C(N)CC=O. The second-order valence-electron chi connectivity index (χ2n) is 2.13. The van der Waals surface area contributed by atoms with Crippen LogP contribution in [0.3, 0.4) is 0 Å². The molecule has 0 saturated heterocycles. The van der Waals surface area contributed by atoms with Crippen molar-refractivity contribution in [3.8, 4) is 0 Å². The Kier molecular flexibility index (Phi) is 4.70. The average molecular weight is 144 g/mol. The molecule has 0 spiro atoms. The molecule has 0 amide bonds. The minimum Gasteiger partial charge on any atom is -0.326 e. The summed E-state index contributed by atoms with van der Waals surface area (Å²) in [5, 5.41) is 0. The van der Waals surface area contributed by atoms with E-state index in [0.29, 0.717) is 12.6 Å². The zero-order valence-electron chi connectivity index (χ0n) is 5.69. The van der Waals surface area contributed by atoms with Crippen LogP contribution >= 0.6 is 0 Å². The Labute approximate surface area is 59.6 Å². The van der Waals surface area contributed by atoms with Crippen LogP contribution in [0, 0.1) is 0 Å². The number of carbonyl (C=O) groups excluding carboxylic acids is 2. The van der Waals surface area contributed by atoms with Gasteiger partial charge in [-0.15, -0.1) is 0 Å². The van der Waals surface area contributed by atoms with Crippen LogP contribution in [0.1, 0.15) is 12.8 Å². The third-order valence-electron chi connectivity index (χ3n) is 1.29. The lowest BCUT2D eigenvalue weighted by atomic mass is 10.1. The van der Waals surface area contributed by atoms with Crippen LogP contribution in [0.4, 0.5) is 0 Å². The molecule has 4 nitrogen and oxygen atoms in total. The van der Waals surface area contributed by atoms with Gasteiger partial charge in [-0.3, -0.25) is 0 Å². The number of carbonyl (C=O) groups is 2. The predicted octanol–water partition coefficient (Wildman–Crippen LogP) is -1.18. The quantitative estimate of drug-likeness (QED) is 0.475. The van der Waals surface area contributed by atoms with E-state index in [0.717, 1.165) is 0 Å². The molecule has 0 aliphatic heterocycles. The predicted molar refractivity (Wildman–Crippen MR) is 37.3 cm³/mol. The molecule has 0 radical (unpaired) electrons. The number of rotatable bonds is 5. The average Bonchev–Trinajstić information content (AvgIpc) is 1.89. The number of hydrogen-bond acceptors (Lipinski definition) is 4. The fourth-order valence-corrected chi connectivity index (χ4v) is 0.572. The minimum absolute atomic E-state index is 0.217. The van der Waals surface area contributed by atoms with Gasteiger partial charge in [0.25, 0.3) is 0 Å². The van der Waals surface area contributed by atoms with Crippen molar-refractivity contribution in [2.24, 2.45) is 11.5 Å². The summed E-state index contributed by atoms with van der Waals surface area (Å²) < 4.78 is 0. The molecule has 0 aliphatic rings. The van der Waals surface area contributed by atoms with Crippen LogP contribution in [0.2, 0.25) is 0 Å². The monoisotopic (exact) mass is 144 g/mol. The molecule has 2 unspecified atom stereocenters. The normalized spacial score (nSPS) is 15.8. The fraction of sp³-hybridized carbons (Fsp3) is 0.667. The first-order valence-corrected chi connectivity index (χ1v) is 3.10. The lowest BCUT2D eigenvalue weighted by molar-refractivity contribution is -0.110. The van der Waals surface area contributed by atoms with E-state index in [4.69, 9.17) is 11.5 Å². The van der Waals surface area contributed by atoms with Crippen molar-refractivity contribution < 1.29 is 9.59 Å². The second kappa shape index (κ2) is 5.08. The Balaban J connectivity index is 3.56. The van der Waals surface area contributed by atoms with Gasteiger partial charge in [0.1, 0.15) is 12.6 Å². The van der Waals surface area contributed by atoms with E-state index in [-0.39, 0.29) is 24.9 Å². The number of hydrogen-bond donors (Lipinski definition) is 2. The van der Waals surface area contributed by atoms with E-state index in [1.807, 2.05) is 0 Å². The molecule has 0 aromatic carbocycles. The second-order valence-corrected chi connectivity index (χ2v) is 2.13. The summed E-state index contributed by atoms with van der Waals surface area (Å²) in [7, 11) is 0. The summed E-state index contributed by atoms with van der Waals surface area (Å²) in [6.07, 6.45) is 1.84. The third-order valence-corrected chi connectivity index (χ3v) is 1.29. The highest BCUT2D eigenvalue weighted by Crippen LogP contribution is 1.93. The smallest absolute Gasteiger partial charge is 0.121 e. The third kappa shape index (κ3) is 3.32. The van der Waals surface area contributed by atoms with Crippen molar-refractivity contribution in [2.45, 2.75) is 24.9 Å². The minimum atomic E-state index is -0.386. The molecule has 0 fully saturated rings. The van der Waals surface area contributed by atoms with E-state index < -0.39 is 0 Å². The molecular weight excluding hydrogens is 132 g/mol. The molecule has 4 heteroatoms. The van der Waals surface area contributed by atoms with Crippen LogP contribution in [0.15, 0.2) is 0 Å². The lowest BCUT2D eigenvalue weighted by Crippen LogP contribution is -2.41. The molecule has 0 aromatic heterocycles. The zero-order valence-corrected chi connectivity index (χ0v) is 5.69. The largest absolute Gasteiger partial charge is 0.326 e. The summed E-state index contributed by atoms with van der Waals surface area (Å²) in [4.78, 5) is 19.8. The molecule has 58 valence electrons. The molecule has 0 rings (SSSR count). The van der Waals surface area contributed by atoms with Crippen molar-refractivity contribution in [1.29, 1.82) is 0 Å². The van der Waals surface area contributed by atoms with E-state index in [9.17, 15) is 9.59 Å². The van der Waals surface area contributed by atoms with Gasteiger partial charge in [-0.1, -0.05) is 0 Å². The Morgan fingerprint density at radius 2 is 1.30 bits per heavy atom. The molecule has 10 heavy (non-hydrogen) atoms. The van der Waals surface area contributed by atoms with E-state index >= 15 is 0 Å². The topological polar surface area (TPSA) is 86.2 Å². The summed E-state index contributed by atoms with van der Waals surface area (Å²) in [5.74, 6) is 0. The first-order chi connectivity index (χ1) is 4.72. The summed E-state index contributed by atoms with van der Waals surface area (Å²) in [6, 6.07) is -0.773. The number of nitrogens with two attached hydrogens (primary N) is 2. The first kappa shape index (κ1) is 9.26. The molecule has 4 N–H and O–H groups in total. The number of aldehydes is 2. The van der Waals surface area contributed by atoms with E-state index in [1.54, 1.807) is 0 Å². The van der Waals surface area contributed by atoms with Crippen LogP contribution in [-0.2, 0) is 9.59 Å².